The number of nitrogens with one attached hydrogen (secondary N) is 1. The minimum Gasteiger partial charge on any atom is -0.312 e. The van der Waals surface area contributed by atoms with Crippen LogP contribution in [0, 0.1) is 18.7 Å². The molecule has 0 spiro atoms. The van der Waals surface area contributed by atoms with Gasteiger partial charge in [0.05, 0.1) is 0 Å². The summed E-state index contributed by atoms with van der Waals surface area (Å²) >= 11 is 6.10. The standard InChI is InChI=1S/C17H27ClFN/c1-12(8-9-20-17(3,4)5)6-7-14-10-13(2)16(19)11-15(14)18/h10-12,20H,6-9H2,1-5H3. The first-order valence-corrected chi connectivity index (χ1v) is 7.76. The molecule has 20 heavy (non-hydrogen) atoms. The van der Waals surface area contributed by atoms with Gasteiger partial charge in [-0.15, -0.1) is 0 Å². The Morgan fingerprint density at radius 1 is 1.25 bits per heavy atom. The average molecular weight is 300 g/mol. The monoisotopic (exact) mass is 299 g/mol. The third kappa shape index (κ3) is 6.23. The van der Waals surface area contributed by atoms with Gasteiger partial charge in [0.25, 0.3) is 0 Å². The minimum absolute atomic E-state index is 0.178. The van der Waals surface area contributed by atoms with Crippen molar-refractivity contribution in [1.82, 2.24) is 5.32 Å². The van der Waals surface area contributed by atoms with Crippen molar-refractivity contribution in [3.63, 3.8) is 0 Å². The van der Waals surface area contributed by atoms with E-state index in [0.717, 1.165) is 31.4 Å². The zero-order valence-corrected chi connectivity index (χ0v) is 14.1. The average Bonchev–Trinajstić information content (AvgIpc) is 2.30. The van der Waals surface area contributed by atoms with Crippen LogP contribution in [0.25, 0.3) is 0 Å². The normalized spacial score (nSPS) is 13.6. The Bertz CT molecular complexity index is 437. The van der Waals surface area contributed by atoms with Crippen LogP contribution >= 0.6 is 11.6 Å². The molecule has 0 saturated heterocycles. The van der Waals surface area contributed by atoms with Crippen molar-refractivity contribution in [1.29, 1.82) is 0 Å². The quantitative estimate of drug-likeness (QED) is 0.767. The summed E-state index contributed by atoms with van der Waals surface area (Å²) in [6.45, 7) is 11.6. The summed E-state index contributed by atoms with van der Waals surface area (Å²) in [5.74, 6) is 0.410. The predicted octanol–water partition coefficient (Wildman–Crippen LogP) is 5.13. The van der Waals surface area contributed by atoms with Crippen LogP contribution in [0.3, 0.4) is 0 Å². The molecule has 0 fully saturated rings. The molecule has 0 aliphatic rings. The summed E-state index contributed by atoms with van der Waals surface area (Å²) in [5.41, 5.74) is 1.91. The lowest BCUT2D eigenvalue weighted by atomic mass is 9.97. The largest absolute Gasteiger partial charge is 0.312 e. The Balaban J connectivity index is 2.41. The molecule has 1 unspecified atom stereocenters. The Labute approximate surface area is 127 Å². The van der Waals surface area contributed by atoms with Crippen LogP contribution < -0.4 is 5.32 Å². The van der Waals surface area contributed by atoms with E-state index in [1.165, 1.54) is 6.07 Å². The van der Waals surface area contributed by atoms with Crippen LogP contribution in [0.4, 0.5) is 4.39 Å². The molecule has 0 aliphatic carbocycles. The van der Waals surface area contributed by atoms with E-state index in [-0.39, 0.29) is 11.4 Å². The highest BCUT2D eigenvalue weighted by Gasteiger charge is 2.11. The SMILES string of the molecule is Cc1cc(CCC(C)CCNC(C)(C)C)c(Cl)cc1F. The molecule has 0 heterocycles. The van der Waals surface area contributed by atoms with Gasteiger partial charge in [-0.05, 0) is 76.6 Å². The molecule has 0 amide bonds. The highest BCUT2D eigenvalue weighted by Crippen LogP contribution is 2.23. The summed E-state index contributed by atoms with van der Waals surface area (Å²) in [6, 6.07) is 3.30. The van der Waals surface area contributed by atoms with Crippen LogP contribution in [0.15, 0.2) is 12.1 Å². The first kappa shape index (κ1) is 17.5. The molecule has 1 nitrogen and oxygen atoms in total. The van der Waals surface area contributed by atoms with E-state index in [0.29, 0.717) is 16.5 Å². The number of benzene rings is 1. The number of halogens is 2. The summed E-state index contributed by atoms with van der Waals surface area (Å²) in [5, 5.41) is 4.05. The predicted molar refractivity (Wildman–Crippen MR) is 86.0 cm³/mol. The summed E-state index contributed by atoms with van der Waals surface area (Å²) in [6.07, 6.45) is 3.14. The Kier molecular flexibility index (Phi) is 6.47. The lowest BCUT2D eigenvalue weighted by molar-refractivity contribution is 0.386. The third-order valence-electron chi connectivity index (χ3n) is 3.53. The molecule has 1 aromatic rings. The van der Waals surface area contributed by atoms with Crippen LogP contribution in [-0.4, -0.2) is 12.1 Å². The maximum absolute atomic E-state index is 13.3. The van der Waals surface area contributed by atoms with Gasteiger partial charge in [0.1, 0.15) is 5.82 Å². The molecule has 0 aliphatic heterocycles. The van der Waals surface area contributed by atoms with Gasteiger partial charge in [-0.1, -0.05) is 24.6 Å². The molecular weight excluding hydrogens is 273 g/mol. The topological polar surface area (TPSA) is 12.0 Å². The van der Waals surface area contributed by atoms with E-state index < -0.39 is 0 Å². The molecule has 0 bridgehead atoms. The number of aryl methyl sites for hydroxylation is 2. The molecule has 0 aromatic heterocycles. The first-order chi connectivity index (χ1) is 9.19. The van der Waals surface area contributed by atoms with Crippen molar-refractivity contribution in [2.45, 2.75) is 59.4 Å². The van der Waals surface area contributed by atoms with E-state index >= 15 is 0 Å². The molecule has 3 heteroatoms. The van der Waals surface area contributed by atoms with Crippen LogP contribution in [0.2, 0.25) is 5.02 Å². The molecule has 114 valence electrons. The van der Waals surface area contributed by atoms with E-state index in [4.69, 9.17) is 11.6 Å². The molecule has 0 radical (unpaired) electrons. The van der Waals surface area contributed by atoms with Crippen molar-refractivity contribution in [3.8, 4) is 0 Å². The van der Waals surface area contributed by atoms with Crippen molar-refractivity contribution < 1.29 is 4.39 Å². The van der Waals surface area contributed by atoms with Crippen LogP contribution in [0.1, 0.15) is 51.7 Å². The van der Waals surface area contributed by atoms with E-state index in [2.05, 4.69) is 33.0 Å². The van der Waals surface area contributed by atoms with E-state index in [1.807, 2.05) is 6.07 Å². The first-order valence-electron chi connectivity index (χ1n) is 7.38. The van der Waals surface area contributed by atoms with Crippen molar-refractivity contribution in [3.05, 3.63) is 34.1 Å². The maximum atomic E-state index is 13.3. The van der Waals surface area contributed by atoms with Gasteiger partial charge < -0.3 is 5.32 Å². The zero-order valence-electron chi connectivity index (χ0n) is 13.3. The highest BCUT2D eigenvalue weighted by molar-refractivity contribution is 6.31. The lowest BCUT2D eigenvalue weighted by Gasteiger charge is -2.22. The Morgan fingerprint density at radius 2 is 1.90 bits per heavy atom. The van der Waals surface area contributed by atoms with Crippen LogP contribution in [0.5, 0.6) is 0 Å². The summed E-state index contributed by atoms with van der Waals surface area (Å²) in [4.78, 5) is 0. The molecule has 1 atom stereocenters. The van der Waals surface area contributed by atoms with Gasteiger partial charge >= 0.3 is 0 Å². The smallest absolute Gasteiger partial charge is 0.127 e. The maximum Gasteiger partial charge on any atom is 0.127 e. The van der Waals surface area contributed by atoms with Gasteiger partial charge in [0.15, 0.2) is 0 Å². The summed E-state index contributed by atoms with van der Waals surface area (Å²) in [7, 11) is 0. The molecule has 1 rings (SSSR count). The zero-order chi connectivity index (χ0) is 15.3. The fourth-order valence-electron chi connectivity index (χ4n) is 2.15. The molecule has 0 saturated carbocycles. The van der Waals surface area contributed by atoms with E-state index in [9.17, 15) is 4.39 Å². The molecule has 1 aromatic carbocycles. The second-order valence-corrected chi connectivity index (χ2v) is 7.21. The fourth-order valence-corrected chi connectivity index (χ4v) is 2.39. The Hall–Kier alpha value is -0.600. The highest BCUT2D eigenvalue weighted by atomic mass is 35.5. The Morgan fingerprint density at radius 3 is 2.50 bits per heavy atom. The second-order valence-electron chi connectivity index (χ2n) is 6.80. The van der Waals surface area contributed by atoms with Crippen LogP contribution in [-0.2, 0) is 6.42 Å². The lowest BCUT2D eigenvalue weighted by Crippen LogP contribution is -2.36. The second kappa shape index (κ2) is 7.42. The number of rotatable bonds is 6. The minimum atomic E-state index is -0.221. The summed E-state index contributed by atoms with van der Waals surface area (Å²) < 4.78 is 13.3. The van der Waals surface area contributed by atoms with Gasteiger partial charge in [-0.2, -0.15) is 0 Å². The van der Waals surface area contributed by atoms with Gasteiger partial charge in [-0.25, -0.2) is 4.39 Å². The van der Waals surface area contributed by atoms with Crippen molar-refractivity contribution in [2.24, 2.45) is 5.92 Å². The van der Waals surface area contributed by atoms with Crippen molar-refractivity contribution >= 4 is 11.6 Å². The number of hydrogen-bond donors (Lipinski definition) is 1. The van der Waals surface area contributed by atoms with E-state index in [1.54, 1.807) is 6.92 Å². The molecule has 1 N–H and O–H groups in total. The van der Waals surface area contributed by atoms with Crippen molar-refractivity contribution in [2.75, 3.05) is 6.54 Å². The van der Waals surface area contributed by atoms with Gasteiger partial charge in [-0.3, -0.25) is 0 Å². The van der Waals surface area contributed by atoms with Gasteiger partial charge in [0, 0.05) is 10.6 Å². The van der Waals surface area contributed by atoms with Gasteiger partial charge in [0.2, 0.25) is 0 Å². The third-order valence-corrected chi connectivity index (χ3v) is 3.88. The number of hydrogen-bond acceptors (Lipinski definition) is 1. The molecular formula is C17H27ClFN. The fraction of sp³-hybridized carbons (Fsp3) is 0.647.